The van der Waals surface area contributed by atoms with Crippen molar-refractivity contribution in [2.45, 2.75) is 51.0 Å². The quantitative estimate of drug-likeness (QED) is 0.746. The molecule has 0 aliphatic carbocycles. The van der Waals surface area contributed by atoms with Crippen molar-refractivity contribution in [2.75, 3.05) is 24.7 Å². The zero-order valence-electron chi connectivity index (χ0n) is 16.3. The standard InChI is InChI=1S/C21H28N2O5/c1-2-3-15-4-6-17(7-5-15)23-14-16(12-18(23)24)20(27)22-21(13-19(25)26)8-10-28-11-9-21/h4-7,16H,2-3,8-14H2,1H3,(H,22,27)(H,25,26). The van der Waals surface area contributed by atoms with Gasteiger partial charge in [-0.15, -0.1) is 0 Å². The first kappa shape index (κ1) is 20.3. The van der Waals surface area contributed by atoms with Gasteiger partial charge in [-0.1, -0.05) is 25.5 Å². The second kappa shape index (κ2) is 8.73. The Hall–Kier alpha value is -2.41. The number of hydrogen-bond donors (Lipinski definition) is 2. The molecule has 0 radical (unpaired) electrons. The summed E-state index contributed by atoms with van der Waals surface area (Å²) in [5.41, 5.74) is 1.23. The molecule has 1 aromatic carbocycles. The van der Waals surface area contributed by atoms with E-state index in [0.29, 0.717) is 32.6 Å². The van der Waals surface area contributed by atoms with Crippen LogP contribution in [0, 0.1) is 5.92 Å². The molecule has 152 valence electrons. The molecule has 28 heavy (non-hydrogen) atoms. The average Bonchev–Trinajstić information content (AvgIpc) is 3.04. The van der Waals surface area contributed by atoms with Crippen molar-refractivity contribution in [3.05, 3.63) is 29.8 Å². The molecule has 2 saturated heterocycles. The minimum Gasteiger partial charge on any atom is -0.481 e. The smallest absolute Gasteiger partial charge is 0.305 e. The van der Waals surface area contributed by atoms with Crippen molar-refractivity contribution < 1.29 is 24.2 Å². The minimum atomic E-state index is -0.946. The highest BCUT2D eigenvalue weighted by Gasteiger charge is 2.41. The number of amides is 2. The lowest BCUT2D eigenvalue weighted by Crippen LogP contribution is -2.54. The number of aryl methyl sites for hydroxylation is 1. The number of carboxylic acid groups (broad SMARTS) is 1. The van der Waals surface area contributed by atoms with Gasteiger partial charge in [0.25, 0.3) is 0 Å². The minimum absolute atomic E-state index is 0.0809. The summed E-state index contributed by atoms with van der Waals surface area (Å²) in [7, 11) is 0. The number of carboxylic acids is 1. The lowest BCUT2D eigenvalue weighted by Gasteiger charge is -2.37. The Morgan fingerprint density at radius 2 is 1.93 bits per heavy atom. The lowest BCUT2D eigenvalue weighted by molar-refractivity contribution is -0.141. The Morgan fingerprint density at radius 1 is 1.25 bits per heavy atom. The Bertz CT molecular complexity index is 725. The van der Waals surface area contributed by atoms with Crippen LogP contribution in [0.5, 0.6) is 0 Å². The molecule has 3 rings (SSSR count). The maximum atomic E-state index is 12.8. The van der Waals surface area contributed by atoms with E-state index < -0.39 is 17.4 Å². The van der Waals surface area contributed by atoms with Crippen molar-refractivity contribution in [2.24, 2.45) is 5.92 Å². The number of nitrogens with one attached hydrogen (secondary N) is 1. The zero-order valence-corrected chi connectivity index (χ0v) is 16.3. The SMILES string of the molecule is CCCc1ccc(N2CC(C(=O)NC3(CC(=O)O)CCOCC3)CC2=O)cc1. The number of nitrogens with zero attached hydrogens (tertiary/aromatic N) is 1. The summed E-state index contributed by atoms with van der Waals surface area (Å²) in [5.74, 6) is -1.75. The van der Waals surface area contributed by atoms with Gasteiger partial charge in [0.15, 0.2) is 0 Å². The summed E-state index contributed by atoms with van der Waals surface area (Å²) in [6.45, 7) is 3.29. The fourth-order valence-electron chi connectivity index (χ4n) is 4.02. The van der Waals surface area contributed by atoms with Gasteiger partial charge in [0.2, 0.25) is 11.8 Å². The Balaban J connectivity index is 1.66. The Labute approximate surface area is 165 Å². The molecular formula is C21H28N2O5. The van der Waals surface area contributed by atoms with Gasteiger partial charge in [-0.05, 0) is 37.0 Å². The van der Waals surface area contributed by atoms with Gasteiger partial charge in [-0.3, -0.25) is 14.4 Å². The summed E-state index contributed by atoms with van der Waals surface area (Å²) < 4.78 is 5.33. The van der Waals surface area contributed by atoms with Gasteiger partial charge < -0.3 is 20.1 Å². The van der Waals surface area contributed by atoms with Crippen LogP contribution in [-0.2, 0) is 25.5 Å². The molecule has 2 fully saturated rings. The molecule has 1 atom stereocenters. The monoisotopic (exact) mass is 388 g/mol. The summed E-state index contributed by atoms with van der Waals surface area (Å²) >= 11 is 0. The number of hydrogen-bond acceptors (Lipinski definition) is 4. The van der Waals surface area contributed by atoms with Gasteiger partial charge in [0, 0.05) is 31.9 Å². The van der Waals surface area contributed by atoms with Crippen LogP contribution in [0.4, 0.5) is 5.69 Å². The van der Waals surface area contributed by atoms with Gasteiger partial charge in [0.1, 0.15) is 0 Å². The summed E-state index contributed by atoms with van der Waals surface area (Å²) in [6, 6.07) is 7.88. The van der Waals surface area contributed by atoms with E-state index in [0.717, 1.165) is 18.5 Å². The number of benzene rings is 1. The van der Waals surface area contributed by atoms with E-state index in [-0.39, 0.29) is 24.7 Å². The number of carbonyl (C=O) groups excluding carboxylic acids is 2. The van der Waals surface area contributed by atoms with E-state index >= 15 is 0 Å². The van der Waals surface area contributed by atoms with Crippen molar-refractivity contribution >= 4 is 23.5 Å². The van der Waals surface area contributed by atoms with Crippen LogP contribution in [-0.4, -0.2) is 48.2 Å². The average molecular weight is 388 g/mol. The predicted octanol–water partition coefficient (Wildman–Crippen LogP) is 2.13. The predicted molar refractivity (Wildman–Crippen MR) is 104 cm³/mol. The summed E-state index contributed by atoms with van der Waals surface area (Å²) in [5, 5.41) is 12.2. The van der Waals surface area contributed by atoms with Crippen LogP contribution in [0.2, 0.25) is 0 Å². The largest absolute Gasteiger partial charge is 0.481 e. The van der Waals surface area contributed by atoms with Crippen LogP contribution in [0.3, 0.4) is 0 Å². The third kappa shape index (κ3) is 4.70. The van der Waals surface area contributed by atoms with Gasteiger partial charge in [0.05, 0.1) is 17.9 Å². The second-order valence-corrected chi connectivity index (χ2v) is 7.77. The maximum Gasteiger partial charge on any atom is 0.305 e. The molecule has 1 unspecified atom stereocenters. The van der Waals surface area contributed by atoms with Crippen LogP contribution in [0.15, 0.2) is 24.3 Å². The van der Waals surface area contributed by atoms with E-state index in [1.807, 2.05) is 24.3 Å². The number of anilines is 1. The fraction of sp³-hybridized carbons (Fsp3) is 0.571. The molecule has 0 aromatic heterocycles. The van der Waals surface area contributed by atoms with Crippen molar-refractivity contribution in [1.82, 2.24) is 5.32 Å². The molecule has 2 heterocycles. The van der Waals surface area contributed by atoms with Gasteiger partial charge >= 0.3 is 5.97 Å². The topological polar surface area (TPSA) is 95.9 Å². The van der Waals surface area contributed by atoms with E-state index in [1.165, 1.54) is 5.56 Å². The molecule has 7 heteroatoms. The third-order valence-corrected chi connectivity index (χ3v) is 5.61. The van der Waals surface area contributed by atoms with Crippen LogP contribution < -0.4 is 10.2 Å². The highest BCUT2D eigenvalue weighted by Crippen LogP contribution is 2.29. The van der Waals surface area contributed by atoms with Crippen molar-refractivity contribution in [3.63, 3.8) is 0 Å². The lowest BCUT2D eigenvalue weighted by atomic mass is 9.85. The highest BCUT2D eigenvalue weighted by atomic mass is 16.5. The summed E-state index contributed by atoms with van der Waals surface area (Å²) in [6.07, 6.45) is 3.00. The molecule has 1 aromatic rings. The maximum absolute atomic E-state index is 12.8. The van der Waals surface area contributed by atoms with E-state index in [1.54, 1.807) is 4.90 Å². The number of aliphatic carboxylic acids is 1. The first-order valence-corrected chi connectivity index (χ1v) is 9.93. The molecule has 2 amide bonds. The molecule has 0 saturated carbocycles. The number of carbonyl (C=O) groups is 3. The number of rotatable bonds is 7. The van der Waals surface area contributed by atoms with Gasteiger partial charge in [-0.25, -0.2) is 0 Å². The number of ether oxygens (including phenoxy) is 1. The van der Waals surface area contributed by atoms with Crippen LogP contribution in [0.25, 0.3) is 0 Å². The Kier molecular flexibility index (Phi) is 6.34. The zero-order chi connectivity index (χ0) is 20.1. The first-order chi connectivity index (χ1) is 13.4. The second-order valence-electron chi connectivity index (χ2n) is 7.77. The van der Waals surface area contributed by atoms with E-state index in [9.17, 15) is 19.5 Å². The normalized spacial score (nSPS) is 21.5. The Morgan fingerprint density at radius 3 is 2.54 bits per heavy atom. The van der Waals surface area contributed by atoms with Crippen molar-refractivity contribution in [1.29, 1.82) is 0 Å². The molecule has 0 spiro atoms. The van der Waals surface area contributed by atoms with E-state index in [4.69, 9.17) is 4.74 Å². The third-order valence-electron chi connectivity index (χ3n) is 5.61. The molecule has 2 N–H and O–H groups in total. The molecule has 2 aliphatic rings. The molecule has 7 nitrogen and oxygen atoms in total. The molecular weight excluding hydrogens is 360 g/mol. The molecule has 2 aliphatic heterocycles. The van der Waals surface area contributed by atoms with Crippen LogP contribution in [0.1, 0.15) is 44.6 Å². The van der Waals surface area contributed by atoms with Gasteiger partial charge in [-0.2, -0.15) is 0 Å². The fourth-order valence-corrected chi connectivity index (χ4v) is 4.02. The van der Waals surface area contributed by atoms with E-state index in [2.05, 4.69) is 12.2 Å². The summed E-state index contributed by atoms with van der Waals surface area (Å²) in [4.78, 5) is 38.3. The first-order valence-electron chi connectivity index (χ1n) is 9.93. The highest BCUT2D eigenvalue weighted by molar-refractivity contribution is 6.00. The van der Waals surface area contributed by atoms with Crippen molar-refractivity contribution in [3.8, 4) is 0 Å². The molecule has 0 bridgehead atoms. The van der Waals surface area contributed by atoms with Crippen LogP contribution >= 0.6 is 0 Å².